The van der Waals surface area contributed by atoms with Crippen molar-refractivity contribution in [2.45, 2.75) is 6.92 Å². The summed E-state index contributed by atoms with van der Waals surface area (Å²) in [6, 6.07) is 5.58. The lowest BCUT2D eigenvalue weighted by Gasteiger charge is -1.92. The molecule has 0 saturated heterocycles. The molecule has 0 aliphatic heterocycles. The molecule has 2 aromatic rings. The van der Waals surface area contributed by atoms with Gasteiger partial charge in [-0.15, -0.1) is 0 Å². The Hall–Kier alpha value is -1.42. The minimum Gasteiger partial charge on any atom is -0.302 e. The highest BCUT2D eigenvalue weighted by Crippen LogP contribution is 2.27. The molecule has 0 unspecified atom stereocenters. The van der Waals surface area contributed by atoms with E-state index in [1.165, 1.54) is 18.3 Å². The van der Waals surface area contributed by atoms with Crippen molar-refractivity contribution in [3.05, 3.63) is 30.7 Å². The van der Waals surface area contributed by atoms with Crippen LogP contribution in [0, 0.1) is 6.92 Å². The Labute approximate surface area is 85.8 Å². The largest absolute Gasteiger partial charge is 0.302 e. The van der Waals surface area contributed by atoms with E-state index in [0.29, 0.717) is 10.7 Å². The van der Waals surface area contributed by atoms with Gasteiger partial charge in [0.05, 0.1) is 10.2 Å². The number of nitrogens with one attached hydrogen (secondary N) is 1. The van der Waals surface area contributed by atoms with Gasteiger partial charge in [-0.1, -0.05) is 23.5 Å². The number of benzene rings is 1. The third kappa shape index (κ3) is 1.61. The van der Waals surface area contributed by atoms with Gasteiger partial charge in [-0.2, -0.15) is 0 Å². The molecule has 70 valence electrons. The minimum absolute atomic E-state index is 0.123. The Morgan fingerprint density at radius 3 is 3.00 bits per heavy atom. The molecule has 0 aliphatic carbocycles. The maximum absolute atomic E-state index is 10.8. The predicted octanol–water partition coefficient (Wildman–Crippen LogP) is 2.31. The Morgan fingerprint density at radius 2 is 2.36 bits per heavy atom. The molecule has 1 N–H and O–H groups in total. The van der Waals surface area contributed by atoms with Crippen LogP contribution in [-0.2, 0) is 4.79 Å². The lowest BCUT2D eigenvalue weighted by molar-refractivity contribution is -0.114. The molecule has 2 radical (unpaired) electrons. The molecule has 0 saturated carbocycles. The number of aromatic nitrogens is 1. The minimum atomic E-state index is -0.123. The third-order valence-electron chi connectivity index (χ3n) is 1.73. The topological polar surface area (TPSA) is 42.0 Å². The van der Waals surface area contributed by atoms with E-state index in [-0.39, 0.29) is 5.91 Å². The fourth-order valence-corrected chi connectivity index (χ4v) is 2.12. The summed E-state index contributed by atoms with van der Waals surface area (Å²) in [5, 5.41) is 3.22. The van der Waals surface area contributed by atoms with E-state index >= 15 is 0 Å². The van der Waals surface area contributed by atoms with E-state index < -0.39 is 0 Å². The van der Waals surface area contributed by atoms with E-state index in [4.69, 9.17) is 6.92 Å². The summed E-state index contributed by atoms with van der Waals surface area (Å²) in [4.78, 5) is 15.0. The Bertz CT molecular complexity index is 490. The van der Waals surface area contributed by atoms with Crippen molar-refractivity contribution in [3.63, 3.8) is 0 Å². The van der Waals surface area contributed by atoms with Crippen LogP contribution in [0.3, 0.4) is 0 Å². The molecule has 0 spiro atoms. The Kier molecular flexibility index (Phi) is 2.21. The Balaban J connectivity index is 2.51. The van der Waals surface area contributed by atoms with Gasteiger partial charge in [0.2, 0.25) is 5.91 Å². The van der Waals surface area contributed by atoms with Crippen molar-refractivity contribution < 1.29 is 4.79 Å². The monoisotopic (exact) mass is 204 g/mol. The number of hydrogen-bond acceptors (Lipinski definition) is 3. The van der Waals surface area contributed by atoms with Crippen LogP contribution in [0.4, 0.5) is 5.13 Å². The van der Waals surface area contributed by atoms with Crippen LogP contribution in [0.5, 0.6) is 0 Å². The first-order chi connectivity index (χ1) is 6.66. The number of para-hydroxylation sites is 1. The summed E-state index contributed by atoms with van der Waals surface area (Å²) < 4.78 is 0.980. The molecule has 4 heteroatoms. The van der Waals surface area contributed by atoms with Gasteiger partial charge in [-0.05, 0) is 11.6 Å². The molecule has 1 heterocycles. The third-order valence-corrected chi connectivity index (χ3v) is 2.67. The average molecular weight is 204 g/mol. The smallest absolute Gasteiger partial charge is 0.223 e. The maximum Gasteiger partial charge on any atom is 0.223 e. The molecule has 3 nitrogen and oxygen atoms in total. The summed E-state index contributed by atoms with van der Waals surface area (Å²) in [5.74, 6) is -0.123. The van der Waals surface area contributed by atoms with Crippen LogP contribution in [0.25, 0.3) is 10.2 Å². The van der Waals surface area contributed by atoms with E-state index in [1.54, 1.807) is 6.07 Å². The van der Waals surface area contributed by atoms with Gasteiger partial charge >= 0.3 is 0 Å². The van der Waals surface area contributed by atoms with Crippen molar-refractivity contribution in [1.82, 2.24) is 4.98 Å². The second kappa shape index (κ2) is 3.38. The highest BCUT2D eigenvalue weighted by Gasteiger charge is 2.05. The molecule has 0 fully saturated rings. The number of amides is 1. The van der Waals surface area contributed by atoms with Crippen molar-refractivity contribution >= 4 is 32.6 Å². The summed E-state index contributed by atoms with van der Waals surface area (Å²) in [6.45, 7) is 7.19. The number of nitrogens with zero attached hydrogens (tertiary/aromatic N) is 1. The van der Waals surface area contributed by atoms with Crippen LogP contribution in [0.15, 0.2) is 18.2 Å². The molecule has 1 aromatic heterocycles. The normalized spacial score (nSPS) is 10.4. The predicted molar refractivity (Wildman–Crippen MR) is 57.3 cm³/mol. The summed E-state index contributed by atoms with van der Waals surface area (Å²) in [6.07, 6.45) is 0. The van der Waals surface area contributed by atoms with Crippen LogP contribution in [0.2, 0.25) is 0 Å². The van der Waals surface area contributed by atoms with Crippen molar-refractivity contribution in [1.29, 1.82) is 0 Å². The first kappa shape index (κ1) is 9.15. The van der Waals surface area contributed by atoms with Crippen LogP contribution in [0.1, 0.15) is 12.5 Å². The van der Waals surface area contributed by atoms with Gasteiger partial charge < -0.3 is 5.32 Å². The van der Waals surface area contributed by atoms with E-state index in [1.807, 2.05) is 12.1 Å². The second-order valence-electron chi connectivity index (χ2n) is 2.89. The van der Waals surface area contributed by atoms with Crippen LogP contribution >= 0.6 is 11.3 Å². The fourth-order valence-electron chi connectivity index (χ4n) is 1.17. The van der Waals surface area contributed by atoms with Crippen molar-refractivity contribution in [2.75, 3.05) is 5.32 Å². The molecule has 0 bridgehead atoms. The number of hydrogen-bond donors (Lipinski definition) is 1. The zero-order chi connectivity index (χ0) is 10.1. The molecule has 1 aromatic carbocycles. The van der Waals surface area contributed by atoms with E-state index in [2.05, 4.69) is 10.3 Å². The highest BCUT2D eigenvalue weighted by molar-refractivity contribution is 7.22. The van der Waals surface area contributed by atoms with Crippen LogP contribution < -0.4 is 5.32 Å². The molecule has 1 amide bonds. The fraction of sp³-hybridized carbons (Fsp3) is 0.100. The zero-order valence-electron chi connectivity index (χ0n) is 7.57. The molecule has 14 heavy (non-hydrogen) atoms. The number of rotatable bonds is 1. The zero-order valence-corrected chi connectivity index (χ0v) is 8.39. The number of carbonyl (C=O) groups is 1. The summed E-state index contributed by atoms with van der Waals surface area (Å²) in [7, 11) is 0. The first-order valence-electron chi connectivity index (χ1n) is 4.09. The molecular formula is C10H8N2OS. The van der Waals surface area contributed by atoms with E-state index in [0.717, 1.165) is 10.2 Å². The maximum atomic E-state index is 10.8. The van der Waals surface area contributed by atoms with Crippen LogP contribution in [-0.4, -0.2) is 10.9 Å². The molecule has 0 aliphatic rings. The first-order valence-corrected chi connectivity index (χ1v) is 4.91. The van der Waals surface area contributed by atoms with E-state index in [9.17, 15) is 4.79 Å². The summed E-state index contributed by atoms with van der Waals surface area (Å²) >= 11 is 1.42. The van der Waals surface area contributed by atoms with Gasteiger partial charge in [0, 0.05) is 13.8 Å². The summed E-state index contributed by atoms with van der Waals surface area (Å²) in [5.41, 5.74) is 1.39. The van der Waals surface area contributed by atoms with Gasteiger partial charge in [0.1, 0.15) is 0 Å². The number of carbonyl (C=O) groups excluding carboxylic acids is 1. The van der Waals surface area contributed by atoms with Gasteiger partial charge in [-0.25, -0.2) is 4.98 Å². The lowest BCUT2D eigenvalue weighted by atomic mass is 10.2. The number of thiazole rings is 1. The second-order valence-corrected chi connectivity index (χ2v) is 3.92. The number of anilines is 1. The molecule has 2 rings (SSSR count). The van der Waals surface area contributed by atoms with Gasteiger partial charge in [0.25, 0.3) is 0 Å². The molecule has 0 atom stereocenters. The van der Waals surface area contributed by atoms with Crippen molar-refractivity contribution in [3.8, 4) is 0 Å². The SMILES string of the molecule is [CH]c1cccc2sc(NC(C)=O)nc12. The van der Waals surface area contributed by atoms with Gasteiger partial charge in [0.15, 0.2) is 5.13 Å². The lowest BCUT2D eigenvalue weighted by Crippen LogP contribution is -2.04. The quantitative estimate of drug-likeness (QED) is 0.774. The standard InChI is InChI=1S/C10H8N2OS/c1-6-4-3-5-8-9(6)12-10(14-8)11-7(2)13/h1,3-5H,2H3,(H,11,12,13). The Morgan fingerprint density at radius 1 is 1.57 bits per heavy atom. The highest BCUT2D eigenvalue weighted by atomic mass is 32.1. The molecular weight excluding hydrogens is 196 g/mol. The average Bonchev–Trinajstić information content (AvgIpc) is 2.47. The van der Waals surface area contributed by atoms with Gasteiger partial charge in [-0.3, -0.25) is 4.79 Å². The van der Waals surface area contributed by atoms with Crippen molar-refractivity contribution in [2.24, 2.45) is 0 Å². The number of fused-ring (bicyclic) bond motifs is 1.